The lowest BCUT2D eigenvalue weighted by molar-refractivity contribution is -0.138. The quantitative estimate of drug-likeness (QED) is 0.855. The van der Waals surface area contributed by atoms with Gasteiger partial charge < -0.3 is 10.2 Å². The molecule has 0 aliphatic carbocycles. The smallest absolute Gasteiger partial charge is 0.325 e. The highest BCUT2D eigenvalue weighted by Crippen LogP contribution is 2.33. The predicted molar refractivity (Wildman–Crippen MR) is 82.4 cm³/mol. The normalized spacial score (nSPS) is 21.0. The van der Waals surface area contributed by atoms with Crippen molar-refractivity contribution in [1.82, 2.24) is 15.1 Å². The molecule has 1 N–H and O–H groups in total. The summed E-state index contributed by atoms with van der Waals surface area (Å²) in [5.41, 5.74) is -0.494. The molecule has 1 saturated heterocycles. The number of rotatable bonds is 4. The molecule has 0 aromatic heterocycles. The number of carbonyl (C=O) groups excluding carboxylic acids is 3. The number of imide groups is 1. The molecule has 1 atom stereocenters. The lowest BCUT2D eigenvalue weighted by Crippen LogP contribution is -2.44. The molecule has 0 spiro atoms. The molecule has 1 aliphatic heterocycles. The van der Waals surface area contributed by atoms with Crippen LogP contribution in [0, 0.1) is 0 Å². The number of nitrogens with zero attached hydrogens (tertiary/aromatic N) is 2. The monoisotopic (exact) mass is 323 g/mol. The summed E-state index contributed by atoms with van der Waals surface area (Å²) in [5, 5.41) is 3.27. The van der Waals surface area contributed by atoms with Crippen LogP contribution in [0.4, 0.5) is 4.79 Å². The summed E-state index contributed by atoms with van der Waals surface area (Å²) in [6.07, 6.45) is 0.381. The Hall–Kier alpha value is -2.08. The lowest BCUT2D eigenvalue weighted by Gasteiger charge is -2.26. The van der Waals surface area contributed by atoms with E-state index in [1.165, 1.54) is 4.90 Å². The van der Waals surface area contributed by atoms with Gasteiger partial charge in [0.1, 0.15) is 12.1 Å². The average Bonchev–Trinajstić information content (AvgIpc) is 2.73. The number of urea groups is 1. The molecule has 1 aromatic rings. The zero-order valence-corrected chi connectivity index (χ0v) is 13.5. The van der Waals surface area contributed by atoms with E-state index in [1.807, 2.05) is 6.92 Å². The summed E-state index contributed by atoms with van der Waals surface area (Å²) < 4.78 is 0. The van der Waals surface area contributed by atoms with Crippen molar-refractivity contribution in [3.8, 4) is 0 Å². The average molecular weight is 324 g/mol. The first kappa shape index (κ1) is 16.3. The molecule has 6 nitrogen and oxygen atoms in total. The number of hydrogen-bond donors (Lipinski definition) is 1. The van der Waals surface area contributed by atoms with E-state index in [1.54, 1.807) is 38.4 Å². The van der Waals surface area contributed by atoms with Crippen molar-refractivity contribution in [3.63, 3.8) is 0 Å². The Morgan fingerprint density at radius 1 is 1.27 bits per heavy atom. The zero-order chi connectivity index (χ0) is 16.5. The van der Waals surface area contributed by atoms with Crippen LogP contribution in [0.25, 0.3) is 0 Å². The van der Waals surface area contributed by atoms with E-state index in [-0.39, 0.29) is 12.5 Å². The summed E-state index contributed by atoms with van der Waals surface area (Å²) >= 11 is 5.87. The van der Waals surface area contributed by atoms with Crippen molar-refractivity contribution >= 4 is 29.4 Å². The Kier molecular flexibility index (Phi) is 4.42. The largest absolute Gasteiger partial charge is 0.347 e. The molecule has 0 radical (unpaired) electrons. The third-order valence-corrected chi connectivity index (χ3v) is 4.09. The Balaban J connectivity index is 2.35. The molecule has 1 aromatic carbocycles. The molecule has 0 unspecified atom stereocenters. The second-order valence-electron chi connectivity index (χ2n) is 5.38. The second-order valence-corrected chi connectivity index (χ2v) is 5.81. The van der Waals surface area contributed by atoms with Gasteiger partial charge in [-0.25, -0.2) is 4.79 Å². The first-order valence-electron chi connectivity index (χ1n) is 6.92. The van der Waals surface area contributed by atoms with Crippen LogP contribution in [-0.4, -0.2) is 48.3 Å². The highest BCUT2D eigenvalue weighted by Gasteiger charge is 2.51. The third-order valence-electron chi connectivity index (χ3n) is 3.84. The molecule has 2 rings (SSSR count). The third kappa shape index (κ3) is 2.66. The number of amides is 4. The fourth-order valence-corrected chi connectivity index (χ4v) is 2.55. The van der Waals surface area contributed by atoms with Crippen LogP contribution in [0.15, 0.2) is 24.3 Å². The van der Waals surface area contributed by atoms with Crippen molar-refractivity contribution in [2.24, 2.45) is 0 Å². The first-order chi connectivity index (χ1) is 10.3. The van der Waals surface area contributed by atoms with Gasteiger partial charge in [-0.3, -0.25) is 14.5 Å². The standard InChI is InChI=1S/C15H18ClN3O3/c1-4-15(10-5-7-11(16)8-6-10)13(21)19(14(22)17-15)9-12(20)18(2)3/h5-8H,4,9H2,1-3H3,(H,17,22)/t15-/m0/s1. The van der Waals surface area contributed by atoms with Crippen LogP contribution in [0.3, 0.4) is 0 Å². The van der Waals surface area contributed by atoms with Gasteiger partial charge in [0.2, 0.25) is 5.91 Å². The summed E-state index contributed by atoms with van der Waals surface area (Å²) in [5.74, 6) is -0.732. The van der Waals surface area contributed by atoms with E-state index in [2.05, 4.69) is 5.32 Å². The van der Waals surface area contributed by atoms with Gasteiger partial charge in [-0.2, -0.15) is 0 Å². The number of halogens is 1. The van der Waals surface area contributed by atoms with Gasteiger partial charge in [0, 0.05) is 19.1 Å². The number of hydrogen-bond acceptors (Lipinski definition) is 3. The van der Waals surface area contributed by atoms with E-state index in [0.29, 0.717) is 17.0 Å². The summed E-state index contributed by atoms with van der Waals surface area (Å²) in [7, 11) is 3.15. The lowest BCUT2D eigenvalue weighted by atomic mass is 9.87. The van der Waals surface area contributed by atoms with Gasteiger partial charge in [-0.15, -0.1) is 0 Å². The summed E-state index contributed by atoms with van der Waals surface area (Å²) in [4.78, 5) is 39.0. The Labute approximate surface area is 134 Å². The number of benzene rings is 1. The Bertz CT molecular complexity index is 615. The van der Waals surface area contributed by atoms with Crippen molar-refractivity contribution in [3.05, 3.63) is 34.9 Å². The van der Waals surface area contributed by atoms with Crippen molar-refractivity contribution in [1.29, 1.82) is 0 Å². The molecule has 118 valence electrons. The van der Waals surface area contributed by atoms with E-state index in [9.17, 15) is 14.4 Å². The molecule has 1 heterocycles. The molecule has 4 amide bonds. The van der Waals surface area contributed by atoms with Gasteiger partial charge in [-0.05, 0) is 24.1 Å². The van der Waals surface area contributed by atoms with E-state index >= 15 is 0 Å². The molecule has 22 heavy (non-hydrogen) atoms. The molecule has 0 saturated carbocycles. The number of nitrogens with one attached hydrogen (secondary N) is 1. The van der Waals surface area contributed by atoms with Crippen LogP contribution >= 0.6 is 11.6 Å². The maximum atomic E-state index is 12.8. The molecular weight excluding hydrogens is 306 g/mol. The number of likely N-dealkylation sites (N-methyl/N-ethyl adjacent to an activating group) is 1. The first-order valence-corrected chi connectivity index (χ1v) is 7.30. The zero-order valence-electron chi connectivity index (χ0n) is 12.7. The fraction of sp³-hybridized carbons (Fsp3) is 0.400. The fourth-order valence-electron chi connectivity index (χ4n) is 2.42. The molecule has 1 fully saturated rings. The van der Waals surface area contributed by atoms with Gasteiger partial charge in [0.25, 0.3) is 5.91 Å². The minimum Gasteiger partial charge on any atom is -0.347 e. The van der Waals surface area contributed by atoms with Crippen LogP contribution in [0.2, 0.25) is 5.02 Å². The van der Waals surface area contributed by atoms with Crippen molar-refractivity contribution in [2.75, 3.05) is 20.6 Å². The van der Waals surface area contributed by atoms with Crippen molar-refractivity contribution < 1.29 is 14.4 Å². The molecule has 7 heteroatoms. The van der Waals surface area contributed by atoms with Gasteiger partial charge in [-0.1, -0.05) is 30.7 Å². The van der Waals surface area contributed by atoms with Gasteiger partial charge in [0.05, 0.1) is 0 Å². The topological polar surface area (TPSA) is 69.7 Å². The maximum Gasteiger partial charge on any atom is 0.325 e. The predicted octanol–water partition coefficient (Wildman–Crippen LogP) is 1.59. The highest BCUT2D eigenvalue weighted by molar-refractivity contribution is 6.30. The minimum atomic E-state index is -1.14. The van der Waals surface area contributed by atoms with Crippen molar-refractivity contribution in [2.45, 2.75) is 18.9 Å². The van der Waals surface area contributed by atoms with Crippen LogP contribution in [-0.2, 0) is 15.1 Å². The van der Waals surface area contributed by atoms with Gasteiger partial charge in [0.15, 0.2) is 0 Å². The van der Waals surface area contributed by atoms with Crippen LogP contribution < -0.4 is 5.32 Å². The molecular formula is C15H18ClN3O3. The van der Waals surface area contributed by atoms with Crippen LogP contribution in [0.1, 0.15) is 18.9 Å². The highest BCUT2D eigenvalue weighted by atomic mass is 35.5. The van der Waals surface area contributed by atoms with Crippen LogP contribution in [0.5, 0.6) is 0 Å². The Morgan fingerprint density at radius 3 is 2.36 bits per heavy atom. The minimum absolute atomic E-state index is 0.271. The molecule has 1 aliphatic rings. The summed E-state index contributed by atoms with van der Waals surface area (Å²) in [6.45, 7) is 1.54. The molecule has 0 bridgehead atoms. The summed E-state index contributed by atoms with van der Waals surface area (Å²) in [6, 6.07) is 6.20. The maximum absolute atomic E-state index is 12.8. The Morgan fingerprint density at radius 2 is 1.86 bits per heavy atom. The van der Waals surface area contributed by atoms with E-state index < -0.39 is 17.5 Å². The van der Waals surface area contributed by atoms with Gasteiger partial charge >= 0.3 is 6.03 Å². The van der Waals surface area contributed by atoms with E-state index in [4.69, 9.17) is 11.6 Å². The SMILES string of the molecule is CC[C@@]1(c2ccc(Cl)cc2)NC(=O)N(CC(=O)N(C)C)C1=O. The number of carbonyl (C=O) groups is 3. The second kappa shape index (κ2) is 5.96. The van der Waals surface area contributed by atoms with E-state index in [0.717, 1.165) is 4.90 Å².